The molecule has 3 heterocycles. The third-order valence-corrected chi connectivity index (χ3v) is 8.48. The molecule has 3 aliphatic rings. The van der Waals surface area contributed by atoms with Crippen LogP contribution in [0.1, 0.15) is 56.6 Å². The van der Waals surface area contributed by atoms with E-state index in [9.17, 15) is 9.59 Å². The summed E-state index contributed by atoms with van der Waals surface area (Å²) in [5, 5.41) is 0. The highest BCUT2D eigenvalue weighted by atomic mass is 16.7. The molecular weight excluding hydrogens is 456 g/mol. The van der Waals surface area contributed by atoms with Crippen molar-refractivity contribution in [1.29, 1.82) is 0 Å². The summed E-state index contributed by atoms with van der Waals surface area (Å²) in [5.41, 5.74) is 5.11. The van der Waals surface area contributed by atoms with Crippen LogP contribution in [0.2, 0.25) is 0 Å². The SMILES string of the molecule is CC(OC(=O)CN)OC(C(=O)OC1CC2CCC(C1)[N+]21CCCC1)(c1ccccc1)c1ccccc1. The first-order chi connectivity index (χ1) is 17.5. The molecular formula is C29H37N2O5+. The second-order valence-electron chi connectivity index (χ2n) is 10.4. The molecule has 0 aromatic heterocycles. The minimum absolute atomic E-state index is 0.156. The van der Waals surface area contributed by atoms with Gasteiger partial charge >= 0.3 is 11.9 Å². The van der Waals surface area contributed by atoms with Gasteiger partial charge in [0, 0.05) is 38.5 Å². The Kier molecular flexibility index (Phi) is 7.15. The van der Waals surface area contributed by atoms with Gasteiger partial charge in [-0.15, -0.1) is 0 Å². The van der Waals surface area contributed by atoms with Crippen molar-refractivity contribution < 1.29 is 28.3 Å². The molecule has 0 amide bonds. The van der Waals surface area contributed by atoms with Crippen LogP contribution in [0.15, 0.2) is 60.7 Å². The highest BCUT2D eigenvalue weighted by Crippen LogP contribution is 2.47. The molecule has 2 aromatic rings. The second-order valence-corrected chi connectivity index (χ2v) is 10.4. The van der Waals surface area contributed by atoms with E-state index in [1.807, 2.05) is 60.7 Å². The number of hydrogen-bond acceptors (Lipinski definition) is 6. The van der Waals surface area contributed by atoms with Gasteiger partial charge in [-0.1, -0.05) is 60.7 Å². The fourth-order valence-corrected chi connectivity index (χ4v) is 6.98. The van der Waals surface area contributed by atoms with Crippen LogP contribution in [-0.2, 0) is 29.4 Å². The summed E-state index contributed by atoms with van der Waals surface area (Å²) in [6, 6.07) is 19.8. The van der Waals surface area contributed by atoms with Crippen LogP contribution in [-0.4, -0.2) is 60.5 Å². The van der Waals surface area contributed by atoms with Crippen molar-refractivity contribution in [2.24, 2.45) is 5.73 Å². The summed E-state index contributed by atoms with van der Waals surface area (Å²) < 4.78 is 19.3. The number of benzene rings is 2. The zero-order valence-electron chi connectivity index (χ0n) is 21.0. The Hall–Kier alpha value is -2.74. The number of rotatable bonds is 8. The number of esters is 2. The molecule has 7 heteroatoms. The Labute approximate surface area is 213 Å². The number of hydrogen-bond donors (Lipinski definition) is 1. The minimum atomic E-state index is -1.59. The molecule has 3 atom stereocenters. The van der Waals surface area contributed by atoms with Gasteiger partial charge in [0.05, 0.1) is 31.7 Å². The summed E-state index contributed by atoms with van der Waals surface area (Å²) in [4.78, 5) is 26.2. The quantitative estimate of drug-likeness (QED) is 0.343. The predicted molar refractivity (Wildman–Crippen MR) is 135 cm³/mol. The van der Waals surface area contributed by atoms with Gasteiger partial charge in [0.15, 0.2) is 0 Å². The Morgan fingerprint density at radius 1 is 0.944 bits per heavy atom. The van der Waals surface area contributed by atoms with Crippen LogP contribution < -0.4 is 5.73 Å². The van der Waals surface area contributed by atoms with E-state index in [1.54, 1.807) is 6.92 Å². The van der Waals surface area contributed by atoms with E-state index in [0.717, 1.165) is 12.8 Å². The number of quaternary nitrogens is 1. The summed E-state index contributed by atoms with van der Waals surface area (Å²) in [5.74, 6) is -1.08. The maximum absolute atomic E-state index is 14.3. The Morgan fingerprint density at radius 2 is 1.47 bits per heavy atom. The number of carbonyl (C=O) groups is 2. The van der Waals surface area contributed by atoms with Gasteiger partial charge < -0.3 is 24.4 Å². The molecule has 2 bridgehead atoms. The molecule has 3 saturated heterocycles. The molecule has 0 radical (unpaired) electrons. The van der Waals surface area contributed by atoms with Crippen LogP contribution in [0.4, 0.5) is 0 Å². The number of ether oxygens (including phenoxy) is 3. The number of nitrogens with zero attached hydrogens (tertiary/aromatic N) is 1. The molecule has 192 valence electrons. The first-order valence-electron chi connectivity index (χ1n) is 13.2. The minimum Gasteiger partial charge on any atom is -0.459 e. The zero-order valence-corrected chi connectivity index (χ0v) is 21.0. The molecule has 7 nitrogen and oxygen atoms in total. The van der Waals surface area contributed by atoms with Gasteiger partial charge in [0.1, 0.15) is 6.10 Å². The Morgan fingerprint density at radius 3 is 1.97 bits per heavy atom. The van der Waals surface area contributed by atoms with E-state index in [0.29, 0.717) is 23.2 Å². The van der Waals surface area contributed by atoms with E-state index < -0.39 is 23.8 Å². The normalized spacial score (nSPS) is 25.4. The summed E-state index contributed by atoms with van der Waals surface area (Å²) in [7, 11) is 0. The smallest absolute Gasteiger partial charge is 0.348 e. The van der Waals surface area contributed by atoms with Crippen LogP contribution in [0.5, 0.6) is 0 Å². The molecule has 3 fully saturated rings. The molecule has 1 spiro atoms. The fraction of sp³-hybridized carbons (Fsp3) is 0.517. The third-order valence-electron chi connectivity index (χ3n) is 8.48. The van der Waals surface area contributed by atoms with Crippen molar-refractivity contribution >= 4 is 11.9 Å². The maximum atomic E-state index is 14.3. The Balaban J connectivity index is 1.47. The zero-order chi connectivity index (χ0) is 25.2. The molecule has 36 heavy (non-hydrogen) atoms. The van der Waals surface area contributed by atoms with E-state index >= 15 is 0 Å². The average Bonchev–Trinajstić information content (AvgIpc) is 3.44. The molecule has 2 N–H and O–H groups in total. The van der Waals surface area contributed by atoms with Crippen LogP contribution in [0.25, 0.3) is 0 Å². The molecule has 3 aliphatic heterocycles. The number of carbonyl (C=O) groups excluding carboxylic acids is 2. The highest BCUT2D eigenvalue weighted by molar-refractivity contribution is 5.86. The van der Waals surface area contributed by atoms with E-state index in [1.165, 1.54) is 43.3 Å². The van der Waals surface area contributed by atoms with Crippen LogP contribution in [0, 0.1) is 0 Å². The predicted octanol–water partition coefficient (Wildman–Crippen LogP) is 3.64. The number of nitrogens with two attached hydrogens (primary N) is 1. The first-order valence-corrected chi connectivity index (χ1v) is 13.2. The van der Waals surface area contributed by atoms with Gasteiger partial charge in [-0.25, -0.2) is 4.79 Å². The average molecular weight is 494 g/mol. The van der Waals surface area contributed by atoms with Crippen molar-refractivity contribution in [3.8, 4) is 0 Å². The molecule has 2 aromatic carbocycles. The lowest BCUT2D eigenvalue weighted by Crippen LogP contribution is -2.60. The van der Waals surface area contributed by atoms with Crippen molar-refractivity contribution in [3.63, 3.8) is 0 Å². The van der Waals surface area contributed by atoms with Crippen LogP contribution >= 0.6 is 0 Å². The molecule has 0 aliphatic carbocycles. The number of piperidine rings is 1. The highest BCUT2D eigenvalue weighted by Gasteiger charge is 2.57. The van der Waals surface area contributed by atoms with E-state index in [4.69, 9.17) is 19.9 Å². The lowest BCUT2D eigenvalue weighted by atomic mass is 9.85. The molecule has 3 unspecified atom stereocenters. The van der Waals surface area contributed by atoms with Gasteiger partial charge in [0.2, 0.25) is 11.9 Å². The van der Waals surface area contributed by atoms with Crippen molar-refractivity contribution in [2.75, 3.05) is 19.6 Å². The van der Waals surface area contributed by atoms with E-state index in [-0.39, 0.29) is 12.6 Å². The van der Waals surface area contributed by atoms with Crippen molar-refractivity contribution in [2.45, 2.75) is 75.5 Å². The van der Waals surface area contributed by atoms with E-state index in [2.05, 4.69) is 0 Å². The van der Waals surface area contributed by atoms with Gasteiger partial charge in [0.25, 0.3) is 0 Å². The van der Waals surface area contributed by atoms with Gasteiger partial charge in [-0.2, -0.15) is 0 Å². The maximum Gasteiger partial charge on any atom is 0.348 e. The summed E-state index contributed by atoms with van der Waals surface area (Å²) in [6.45, 7) is 3.86. The Bertz CT molecular complexity index is 998. The van der Waals surface area contributed by atoms with Crippen molar-refractivity contribution in [1.82, 2.24) is 0 Å². The standard InChI is InChI=1S/C29H37N2O5/c1-21(34-27(32)20-30)36-29(22-10-4-2-5-11-22,23-12-6-3-7-13-23)28(33)35-26-18-24-14-15-25(19-26)31(24)16-8-9-17-31/h2-7,10-13,21,24-26H,8-9,14-20,30H2,1H3/q+1. The third kappa shape index (κ3) is 4.44. The van der Waals surface area contributed by atoms with Gasteiger partial charge in [-0.05, 0) is 18.1 Å². The monoisotopic (exact) mass is 493 g/mol. The van der Waals surface area contributed by atoms with Gasteiger partial charge in [-0.3, -0.25) is 4.79 Å². The molecule has 0 saturated carbocycles. The first kappa shape index (κ1) is 24.9. The van der Waals surface area contributed by atoms with Crippen LogP contribution in [0.3, 0.4) is 0 Å². The molecule has 5 rings (SSSR count). The summed E-state index contributed by atoms with van der Waals surface area (Å²) >= 11 is 0. The van der Waals surface area contributed by atoms with Crippen molar-refractivity contribution in [3.05, 3.63) is 71.8 Å². The summed E-state index contributed by atoms with van der Waals surface area (Å²) in [6.07, 6.45) is 5.63. The lowest BCUT2D eigenvalue weighted by Gasteiger charge is -2.47. The second kappa shape index (κ2) is 10.3. The lowest BCUT2D eigenvalue weighted by molar-refractivity contribution is -0.956. The largest absolute Gasteiger partial charge is 0.459 e. The topological polar surface area (TPSA) is 87.9 Å². The fourth-order valence-electron chi connectivity index (χ4n) is 6.98.